The fourth-order valence-corrected chi connectivity index (χ4v) is 4.43. The number of methoxy groups -OCH3 is 1. The predicted octanol–water partition coefficient (Wildman–Crippen LogP) is 3.05. The van der Waals surface area contributed by atoms with Crippen LogP contribution in [-0.4, -0.2) is 48.6 Å². The zero-order valence-corrected chi connectivity index (χ0v) is 15.6. The smallest absolute Gasteiger partial charge is 0.305 e. The number of amides is 1. The van der Waals surface area contributed by atoms with E-state index in [0.29, 0.717) is 16.7 Å². The second-order valence-corrected chi connectivity index (χ2v) is 7.95. The fraction of sp³-hybridized carbons (Fsp3) is 0.474. The second-order valence-electron chi connectivity index (χ2n) is 6.93. The van der Waals surface area contributed by atoms with Crippen molar-refractivity contribution in [1.82, 2.24) is 15.2 Å². The Morgan fingerprint density at radius 2 is 2.08 bits per heavy atom. The Morgan fingerprint density at radius 1 is 1.31 bits per heavy atom. The first-order chi connectivity index (χ1) is 12.7. The van der Waals surface area contributed by atoms with Crippen LogP contribution >= 0.6 is 11.8 Å². The number of carbonyl (C=O) groups is 1. The van der Waals surface area contributed by atoms with Gasteiger partial charge in [0.25, 0.3) is 11.1 Å². The molecule has 0 saturated carbocycles. The maximum atomic E-state index is 12.6. The molecule has 1 amide bonds. The van der Waals surface area contributed by atoms with Crippen LogP contribution in [0.15, 0.2) is 45.0 Å². The summed E-state index contributed by atoms with van der Waals surface area (Å²) in [4.78, 5) is 20.2. The molecule has 138 valence electrons. The zero-order chi connectivity index (χ0) is 17.9. The Hall–Kier alpha value is -1.99. The van der Waals surface area contributed by atoms with E-state index in [-0.39, 0.29) is 11.9 Å². The third-order valence-electron chi connectivity index (χ3n) is 5.12. The summed E-state index contributed by atoms with van der Waals surface area (Å²) in [6.45, 7) is 3.32. The van der Waals surface area contributed by atoms with Crippen molar-refractivity contribution < 1.29 is 13.9 Å². The topological polar surface area (TPSA) is 67.6 Å². The van der Waals surface area contributed by atoms with Crippen LogP contribution in [-0.2, 0) is 0 Å². The van der Waals surface area contributed by atoms with Crippen LogP contribution in [0.1, 0.15) is 29.6 Å². The third-order valence-corrected chi connectivity index (χ3v) is 6.00. The summed E-state index contributed by atoms with van der Waals surface area (Å²) < 4.78 is 10.4. The van der Waals surface area contributed by atoms with Crippen LogP contribution in [0.3, 0.4) is 0 Å². The number of aromatic nitrogens is 1. The van der Waals surface area contributed by atoms with Crippen molar-refractivity contribution in [2.75, 3.05) is 26.7 Å². The molecule has 0 radical (unpaired) electrons. The lowest BCUT2D eigenvalue weighted by Gasteiger charge is -2.26. The molecule has 3 aliphatic rings. The summed E-state index contributed by atoms with van der Waals surface area (Å²) in [5.41, 5.74) is 0.686. The van der Waals surface area contributed by atoms with Crippen LogP contribution in [0.4, 0.5) is 0 Å². The zero-order valence-electron chi connectivity index (χ0n) is 14.8. The number of nitrogens with zero attached hydrogens (tertiary/aromatic N) is 2. The number of oxazole rings is 1. The van der Waals surface area contributed by atoms with Gasteiger partial charge in [-0.15, -0.1) is 0 Å². The van der Waals surface area contributed by atoms with Crippen molar-refractivity contribution in [1.29, 1.82) is 0 Å². The van der Waals surface area contributed by atoms with Gasteiger partial charge in [0.05, 0.1) is 7.11 Å². The fourth-order valence-electron chi connectivity index (χ4n) is 3.73. The normalized spacial score (nSPS) is 24.9. The molecule has 1 N–H and O–H groups in total. The van der Waals surface area contributed by atoms with E-state index >= 15 is 0 Å². The number of fused-ring (bicyclic) bond motifs is 4. The molecule has 2 aromatic rings. The molecule has 7 heteroatoms. The first-order valence-corrected chi connectivity index (χ1v) is 9.82. The van der Waals surface area contributed by atoms with Gasteiger partial charge in [0.15, 0.2) is 0 Å². The Bertz CT molecular complexity index is 740. The average Bonchev–Trinajstić information content (AvgIpc) is 2.92. The van der Waals surface area contributed by atoms with E-state index in [9.17, 15) is 4.79 Å². The summed E-state index contributed by atoms with van der Waals surface area (Å²) in [5, 5.41) is 3.74. The van der Waals surface area contributed by atoms with Gasteiger partial charge < -0.3 is 19.4 Å². The van der Waals surface area contributed by atoms with Gasteiger partial charge in [-0.1, -0.05) is 0 Å². The van der Waals surface area contributed by atoms with Crippen molar-refractivity contribution in [3.05, 3.63) is 36.0 Å². The molecular weight excluding hydrogens is 350 g/mol. The van der Waals surface area contributed by atoms with Gasteiger partial charge in [-0.05, 0) is 74.3 Å². The Labute approximate surface area is 157 Å². The number of hydrogen-bond donors (Lipinski definition) is 1. The van der Waals surface area contributed by atoms with Gasteiger partial charge >= 0.3 is 5.95 Å². The molecule has 4 heterocycles. The molecular formula is C19H23N3O3S. The molecule has 2 bridgehead atoms. The molecule has 1 unspecified atom stereocenters. The summed E-state index contributed by atoms with van der Waals surface area (Å²) in [5.74, 6) is 1.15. The third kappa shape index (κ3) is 4.04. The first-order valence-electron chi connectivity index (χ1n) is 9.00. The van der Waals surface area contributed by atoms with E-state index < -0.39 is 0 Å². The summed E-state index contributed by atoms with van der Waals surface area (Å²) in [6.07, 6.45) is 5.18. The highest BCUT2D eigenvalue weighted by Crippen LogP contribution is 2.30. The number of rotatable bonds is 5. The Kier molecular flexibility index (Phi) is 5.17. The van der Waals surface area contributed by atoms with E-state index in [4.69, 9.17) is 9.15 Å². The predicted molar refractivity (Wildman–Crippen MR) is 98.7 cm³/mol. The van der Waals surface area contributed by atoms with E-state index in [2.05, 4.69) is 15.2 Å². The maximum absolute atomic E-state index is 12.6. The number of ether oxygens (including phenoxy) is 1. The molecule has 3 aliphatic heterocycles. The van der Waals surface area contributed by atoms with Crippen LogP contribution < -0.4 is 10.1 Å². The summed E-state index contributed by atoms with van der Waals surface area (Å²) >= 11 is 1.40. The molecule has 1 aromatic carbocycles. The lowest BCUT2D eigenvalue weighted by molar-refractivity contribution is 0.0928. The summed E-state index contributed by atoms with van der Waals surface area (Å²) in [7, 11) is 1.54. The molecule has 5 rings (SSSR count). The second kappa shape index (κ2) is 7.72. The summed E-state index contributed by atoms with van der Waals surface area (Å²) in [6, 6.07) is 7.78. The largest absolute Gasteiger partial charge is 0.467 e. The Morgan fingerprint density at radius 3 is 2.77 bits per heavy atom. The van der Waals surface area contributed by atoms with E-state index in [1.807, 2.05) is 24.3 Å². The lowest BCUT2D eigenvalue weighted by Crippen LogP contribution is -2.41. The highest BCUT2D eigenvalue weighted by Gasteiger charge is 2.29. The molecule has 1 atom stereocenters. The molecule has 3 saturated heterocycles. The highest BCUT2D eigenvalue weighted by molar-refractivity contribution is 7.99. The van der Waals surface area contributed by atoms with Gasteiger partial charge in [-0.3, -0.25) is 4.79 Å². The highest BCUT2D eigenvalue weighted by atomic mass is 32.2. The monoisotopic (exact) mass is 373 g/mol. The average molecular weight is 373 g/mol. The van der Waals surface area contributed by atoms with Crippen molar-refractivity contribution in [2.24, 2.45) is 5.92 Å². The van der Waals surface area contributed by atoms with Gasteiger partial charge in [0.1, 0.15) is 6.20 Å². The SMILES string of the molecule is COc1cnc(Sc2ccc(C(=O)NC3CC4CCN(CC4)C3)cc2)o1. The first kappa shape index (κ1) is 17.4. The number of piperidine rings is 1. The minimum absolute atomic E-state index is 0.00634. The van der Waals surface area contributed by atoms with E-state index in [1.54, 1.807) is 13.3 Å². The molecule has 26 heavy (non-hydrogen) atoms. The van der Waals surface area contributed by atoms with Gasteiger partial charge in [0.2, 0.25) is 0 Å². The molecule has 1 aromatic heterocycles. The standard InChI is InChI=1S/C19H23N3O3S/c1-24-17-11-20-19(25-17)26-16-4-2-14(3-5-16)18(23)21-15-10-13-6-8-22(12-15)9-7-13/h2-5,11,13,15H,6-10,12H2,1H3,(H,21,23). The van der Waals surface area contributed by atoms with Crippen molar-refractivity contribution in [3.63, 3.8) is 0 Å². The van der Waals surface area contributed by atoms with E-state index in [1.165, 1.54) is 37.7 Å². The number of nitrogens with one attached hydrogen (secondary N) is 1. The minimum atomic E-state index is 0.00634. The van der Waals surface area contributed by atoms with E-state index in [0.717, 1.165) is 23.8 Å². The maximum Gasteiger partial charge on any atom is 0.305 e. The van der Waals surface area contributed by atoms with Crippen molar-refractivity contribution in [3.8, 4) is 5.95 Å². The number of benzene rings is 1. The molecule has 0 aliphatic carbocycles. The number of hydrogen-bond acceptors (Lipinski definition) is 6. The minimum Gasteiger partial charge on any atom is -0.467 e. The number of carbonyl (C=O) groups excluding carboxylic acids is 1. The van der Waals surface area contributed by atoms with Crippen molar-refractivity contribution >= 4 is 17.7 Å². The van der Waals surface area contributed by atoms with Crippen molar-refractivity contribution in [2.45, 2.75) is 35.4 Å². The van der Waals surface area contributed by atoms with Crippen LogP contribution in [0.5, 0.6) is 5.95 Å². The van der Waals surface area contributed by atoms with Gasteiger partial charge in [-0.25, -0.2) is 4.98 Å². The van der Waals surface area contributed by atoms with Crippen LogP contribution in [0.25, 0.3) is 0 Å². The van der Waals surface area contributed by atoms with Gasteiger partial charge in [0, 0.05) is 23.0 Å². The molecule has 0 spiro atoms. The van der Waals surface area contributed by atoms with Crippen LogP contribution in [0.2, 0.25) is 0 Å². The lowest BCUT2D eigenvalue weighted by atomic mass is 9.94. The molecule has 3 fully saturated rings. The quantitative estimate of drug-likeness (QED) is 0.869. The van der Waals surface area contributed by atoms with Gasteiger partial charge in [-0.2, -0.15) is 0 Å². The molecule has 6 nitrogen and oxygen atoms in total. The Balaban J connectivity index is 1.36. The van der Waals surface area contributed by atoms with Crippen LogP contribution in [0, 0.1) is 5.92 Å².